The molecule has 0 unspecified atom stereocenters. The quantitative estimate of drug-likeness (QED) is 0.542. The Bertz CT molecular complexity index is 282. The average Bonchev–Trinajstić information content (AvgIpc) is 2.24. The maximum Gasteiger partial charge on any atom is 0.453 e. The number of hydrogen-bond acceptors (Lipinski definition) is 4. The van der Waals surface area contributed by atoms with Crippen LogP contribution in [0.5, 0.6) is 0 Å². The van der Waals surface area contributed by atoms with Crippen molar-refractivity contribution in [3.63, 3.8) is 0 Å². The van der Waals surface area contributed by atoms with Gasteiger partial charge >= 0.3 is 12.2 Å². The van der Waals surface area contributed by atoms with Crippen molar-refractivity contribution >= 4 is 12.2 Å². The molecule has 0 spiro atoms. The molecule has 0 radical (unpaired) electrons. The smallest absolute Gasteiger partial charge is 0.447 e. The minimum absolute atomic E-state index is 0.178. The maximum absolute atomic E-state index is 10.6. The molecule has 0 heterocycles. The van der Waals surface area contributed by atoms with Gasteiger partial charge in [-0.15, -0.1) is 0 Å². The van der Waals surface area contributed by atoms with Gasteiger partial charge in [0.15, 0.2) is 0 Å². The zero-order chi connectivity index (χ0) is 12.2. The van der Waals surface area contributed by atoms with E-state index in [0.717, 1.165) is 0 Å². The van der Waals surface area contributed by atoms with Crippen LogP contribution < -0.4 is 0 Å². The molecule has 0 aromatic carbocycles. The first kappa shape index (κ1) is 13.7. The summed E-state index contributed by atoms with van der Waals surface area (Å²) in [6.07, 6.45) is -1.80. The lowest BCUT2D eigenvalue weighted by Gasteiger charge is -1.89. The lowest BCUT2D eigenvalue weighted by molar-refractivity contribution is 0.160. The predicted octanol–water partition coefficient (Wildman–Crippen LogP) is 2.49. The SMILES string of the molecule is CCOC(=O)N=NN=NN=NC(=O)OCC. The third-order valence-electron chi connectivity index (χ3n) is 0.908. The summed E-state index contributed by atoms with van der Waals surface area (Å²) in [5, 5.41) is 17.7. The molecule has 10 nitrogen and oxygen atoms in total. The molecule has 0 saturated carbocycles. The Kier molecular flexibility index (Phi) is 7.99. The first-order valence-electron chi connectivity index (χ1n) is 4.26. The summed E-state index contributed by atoms with van der Waals surface area (Å²) in [6, 6.07) is 0. The number of amides is 2. The van der Waals surface area contributed by atoms with Gasteiger partial charge in [0.1, 0.15) is 0 Å². The van der Waals surface area contributed by atoms with Gasteiger partial charge in [0.25, 0.3) is 0 Å². The molecular formula is C6H10N6O4. The van der Waals surface area contributed by atoms with E-state index in [9.17, 15) is 9.59 Å². The van der Waals surface area contributed by atoms with E-state index in [-0.39, 0.29) is 13.2 Å². The van der Waals surface area contributed by atoms with Gasteiger partial charge in [0.2, 0.25) is 0 Å². The highest BCUT2D eigenvalue weighted by Crippen LogP contribution is 1.89. The van der Waals surface area contributed by atoms with E-state index < -0.39 is 12.2 Å². The van der Waals surface area contributed by atoms with Crippen molar-refractivity contribution in [1.82, 2.24) is 0 Å². The highest BCUT2D eigenvalue weighted by Gasteiger charge is 1.95. The van der Waals surface area contributed by atoms with E-state index in [1.807, 2.05) is 0 Å². The summed E-state index contributed by atoms with van der Waals surface area (Å²) in [5.74, 6) is 0. The molecule has 2 amide bonds. The maximum atomic E-state index is 10.6. The standard InChI is InChI=1S/C6H10N6O4/c1-3-15-5(13)7-9-11-12-10-8-6(14)16-4-2/h3-4H2,1-2H3. The second kappa shape index (κ2) is 9.30. The average molecular weight is 230 g/mol. The fourth-order valence-corrected chi connectivity index (χ4v) is 0.453. The van der Waals surface area contributed by atoms with Crippen LogP contribution in [0.4, 0.5) is 9.59 Å². The summed E-state index contributed by atoms with van der Waals surface area (Å²) < 4.78 is 8.78. The van der Waals surface area contributed by atoms with Gasteiger partial charge in [-0.2, -0.15) is 0 Å². The molecule has 0 aliphatic heterocycles. The van der Waals surface area contributed by atoms with E-state index in [2.05, 4.69) is 40.6 Å². The van der Waals surface area contributed by atoms with Crippen molar-refractivity contribution in [2.75, 3.05) is 13.2 Å². The molecule has 0 aliphatic rings. The lowest BCUT2D eigenvalue weighted by atomic mass is 10.9. The summed E-state index contributed by atoms with van der Waals surface area (Å²) >= 11 is 0. The molecule has 0 aromatic heterocycles. The Balaban J connectivity index is 3.85. The van der Waals surface area contributed by atoms with Gasteiger partial charge in [-0.1, -0.05) is 0 Å². The van der Waals surface area contributed by atoms with Gasteiger partial charge in [-0.05, 0) is 45.0 Å². The van der Waals surface area contributed by atoms with Gasteiger partial charge < -0.3 is 9.47 Å². The number of carbonyl (C=O) groups excluding carboxylic acids is 2. The lowest BCUT2D eigenvalue weighted by Crippen LogP contribution is -1.95. The molecule has 0 atom stereocenters. The summed E-state index contributed by atoms with van der Waals surface area (Å²) in [6.45, 7) is 3.58. The molecule has 10 heteroatoms. The Morgan fingerprint density at radius 1 is 0.812 bits per heavy atom. The number of rotatable bonds is 4. The Morgan fingerprint density at radius 2 is 1.19 bits per heavy atom. The fourth-order valence-electron chi connectivity index (χ4n) is 0.453. The number of nitrogens with zero attached hydrogens (tertiary/aromatic N) is 6. The molecule has 88 valence electrons. The molecule has 0 saturated heterocycles. The normalized spacial score (nSPS) is 11.4. The van der Waals surface area contributed by atoms with E-state index in [0.29, 0.717) is 0 Å². The van der Waals surface area contributed by atoms with Crippen LogP contribution in [-0.4, -0.2) is 25.4 Å². The van der Waals surface area contributed by atoms with Gasteiger partial charge in [-0.3, -0.25) is 0 Å². The third kappa shape index (κ3) is 8.34. The first-order valence-corrected chi connectivity index (χ1v) is 4.26. The van der Waals surface area contributed by atoms with Gasteiger partial charge in [-0.25, -0.2) is 9.59 Å². The largest absolute Gasteiger partial charge is 0.453 e. The minimum Gasteiger partial charge on any atom is -0.447 e. The Hall–Kier alpha value is -2.26. The zero-order valence-electron chi connectivity index (χ0n) is 8.73. The molecule has 0 bridgehead atoms. The second-order valence-electron chi connectivity index (χ2n) is 1.96. The predicted molar refractivity (Wildman–Crippen MR) is 48.6 cm³/mol. The van der Waals surface area contributed by atoms with Crippen LogP contribution in [0.25, 0.3) is 0 Å². The highest BCUT2D eigenvalue weighted by molar-refractivity contribution is 5.67. The minimum atomic E-state index is -0.899. The van der Waals surface area contributed by atoms with Crippen LogP contribution >= 0.6 is 0 Å². The Morgan fingerprint density at radius 3 is 1.50 bits per heavy atom. The van der Waals surface area contributed by atoms with E-state index >= 15 is 0 Å². The van der Waals surface area contributed by atoms with Gasteiger partial charge in [0, 0.05) is 0 Å². The number of hydrogen-bond donors (Lipinski definition) is 0. The molecule has 0 aliphatic carbocycles. The van der Waals surface area contributed by atoms with Gasteiger partial charge in [0.05, 0.1) is 13.2 Å². The van der Waals surface area contributed by atoms with Crippen LogP contribution in [0.2, 0.25) is 0 Å². The summed E-state index contributed by atoms with van der Waals surface area (Å²) in [5.41, 5.74) is 0. The molecule has 0 N–H and O–H groups in total. The molecular weight excluding hydrogens is 220 g/mol. The molecule has 0 fully saturated rings. The second-order valence-corrected chi connectivity index (χ2v) is 1.96. The molecule has 0 aromatic rings. The topological polar surface area (TPSA) is 127 Å². The zero-order valence-corrected chi connectivity index (χ0v) is 8.73. The van der Waals surface area contributed by atoms with Crippen LogP contribution in [-0.2, 0) is 9.47 Å². The molecule has 0 rings (SSSR count). The molecule has 16 heavy (non-hydrogen) atoms. The monoisotopic (exact) mass is 230 g/mol. The number of ether oxygens (including phenoxy) is 2. The van der Waals surface area contributed by atoms with Crippen molar-refractivity contribution in [1.29, 1.82) is 0 Å². The highest BCUT2D eigenvalue weighted by atomic mass is 16.6. The third-order valence-corrected chi connectivity index (χ3v) is 0.908. The van der Waals surface area contributed by atoms with Crippen LogP contribution in [0.1, 0.15) is 13.8 Å². The summed E-state index contributed by atoms with van der Waals surface area (Å²) in [7, 11) is 0. The van der Waals surface area contributed by atoms with Crippen LogP contribution in [0, 0.1) is 0 Å². The van der Waals surface area contributed by atoms with Crippen molar-refractivity contribution in [3.8, 4) is 0 Å². The fraction of sp³-hybridized carbons (Fsp3) is 0.667. The van der Waals surface area contributed by atoms with Crippen LogP contribution in [0.3, 0.4) is 0 Å². The first-order chi connectivity index (χ1) is 7.70. The van der Waals surface area contributed by atoms with Crippen molar-refractivity contribution in [2.45, 2.75) is 13.8 Å². The number of carbonyl (C=O) groups is 2. The van der Waals surface area contributed by atoms with E-state index in [1.54, 1.807) is 13.8 Å². The Labute approximate surface area is 90.4 Å². The van der Waals surface area contributed by atoms with Crippen LogP contribution in [0.15, 0.2) is 31.1 Å². The van der Waals surface area contributed by atoms with E-state index in [4.69, 9.17) is 0 Å². The van der Waals surface area contributed by atoms with Crippen molar-refractivity contribution in [3.05, 3.63) is 0 Å². The van der Waals surface area contributed by atoms with Crippen molar-refractivity contribution < 1.29 is 19.1 Å². The van der Waals surface area contributed by atoms with Crippen molar-refractivity contribution in [2.24, 2.45) is 31.1 Å². The summed E-state index contributed by atoms with van der Waals surface area (Å²) in [4.78, 5) is 21.1. The van der Waals surface area contributed by atoms with E-state index in [1.165, 1.54) is 0 Å².